The number of carbonyl (C=O) groups excluding carboxylic acids is 1. The van der Waals surface area contributed by atoms with Gasteiger partial charge < -0.3 is 9.64 Å². The smallest absolute Gasteiger partial charge is 0.257 e. The van der Waals surface area contributed by atoms with Gasteiger partial charge in [0.15, 0.2) is 0 Å². The molecule has 0 bridgehead atoms. The van der Waals surface area contributed by atoms with Crippen LogP contribution in [0.3, 0.4) is 0 Å². The number of fused-ring (bicyclic) bond motifs is 1. The molecule has 0 heterocycles. The van der Waals surface area contributed by atoms with Gasteiger partial charge in [0.2, 0.25) is 0 Å². The molecule has 0 unspecified atom stereocenters. The van der Waals surface area contributed by atoms with Gasteiger partial charge in [0.05, 0.1) is 12.7 Å². The SMILES string of the molecule is COc1cc2ccccc2cc1C(=O)N(C)Cc1ccc(C)cc1. The van der Waals surface area contributed by atoms with E-state index in [1.165, 1.54) is 5.56 Å². The standard InChI is InChI=1S/C21H21NO2/c1-15-8-10-16(11-9-15)14-22(2)21(23)19-12-17-6-4-5-7-18(17)13-20(19)24-3/h4-13H,14H2,1-3H3. The van der Waals surface area contributed by atoms with Gasteiger partial charge in [0, 0.05) is 13.6 Å². The van der Waals surface area contributed by atoms with Crippen molar-refractivity contribution in [3.63, 3.8) is 0 Å². The largest absolute Gasteiger partial charge is 0.496 e. The van der Waals surface area contributed by atoms with Crippen LogP contribution >= 0.6 is 0 Å². The number of aryl methyl sites for hydroxylation is 1. The molecular formula is C21H21NO2. The number of carbonyl (C=O) groups is 1. The van der Waals surface area contributed by atoms with Crippen LogP contribution in [-0.2, 0) is 6.54 Å². The molecule has 0 fully saturated rings. The van der Waals surface area contributed by atoms with Crippen molar-refractivity contribution in [2.45, 2.75) is 13.5 Å². The molecule has 3 aromatic carbocycles. The normalized spacial score (nSPS) is 10.6. The van der Waals surface area contributed by atoms with E-state index in [-0.39, 0.29) is 5.91 Å². The lowest BCUT2D eigenvalue weighted by Crippen LogP contribution is -2.26. The second-order valence-corrected chi connectivity index (χ2v) is 6.05. The third kappa shape index (κ3) is 3.25. The zero-order valence-electron chi connectivity index (χ0n) is 14.2. The fourth-order valence-electron chi connectivity index (χ4n) is 2.80. The van der Waals surface area contributed by atoms with Crippen molar-refractivity contribution in [1.29, 1.82) is 0 Å². The summed E-state index contributed by atoms with van der Waals surface area (Å²) in [5, 5.41) is 2.09. The van der Waals surface area contributed by atoms with Crippen LogP contribution in [0.2, 0.25) is 0 Å². The van der Waals surface area contributed by atoms with Crippen molar-refractivity contribution >= 4 is 16.7 Å². The minimum Gasteiger partial charge on any atom is -0.496 e. The Kier molecular flexibility index (Phi) is 4.52. The first-order valence-electron chi connectivity index (χ1n) is 7.96. The van der Waals surface area contributed by atoms with E-state index in [9.17, 15) is 4.79 Å². The van der Waals surface area contributed by atoms with Crippen molar-refractivity contribution in [2.24, 2.45) is 0 Å². The van der Waals surface area contributed by atoms with Crippen LogP contribution < -0.4 is 4.74 Å². The average molecular weight is 319 g/mol. The second-order valence-electron chi connectivity index (χ2n) is 6.05. The van der Waals surface area contributed by atoms with Crippen LogP contribution in [0.4, 0.5) is 0 Å². The lowest BCUT2D eigenvalue weighted by molar-refractivity contribution is 0.0782. The van der Waals surface area contributed by atoms with Crippen LogP contribution in [0.25, 0.3) is 10.8 Å². The Bertz CT molecular complexity index is 869. The van der Waals surface area contributed by atoms with Crippen LogP contribution in [0.15, 0.2) is 60.7 Å². The van der Waals surface area contributed by atoms with Crippen LogP contribution in [0.1, 0.15) is 21.5 Å². The first kappa shape index (κ1) is 16.1. The van der Waals surface area contributed by atoms with Crippen molar-refractivity contribution in [1.82, 2.24) is 4.90 Å². The third-order valence-electron chi connectivity index (χ3n) is 4.19. The molecule has 3 heteroatoms. The number of hydrogen-bond acceptors (Lipinski definition) is 2. The van der Waals surface area contributed by atoms with Crippen LogP contribution in [0, 0.1) is 6.92 Å². The Balaban J connectivity index is 1.90. The molecule has 0 radical (unpaired) electrons. The van der Waals surface area contributed by atoms with E-state index in [0.717, 1.165) is 16.3 Å². The van der Waals surface area contributed by atoms with Gasteiger partial charge in [-0.2, -0.15) is 0 Å². The summed E-state index contributed by atoms with van der Waals surface area (Å²) in [5.41, 5.74) is 2.91. The van der Waals surface area contributed by atoms with Crippen molar-refractivity contribution < 1.29 is 9.53 Å². The van der Waals surface area contributed by atoms with Crippen molar-refractivity contribution in [3.05, 3.63) is 77.4 Å². The molecule has 0 saturated carbocycles. The zero-order valence-corrected chi connectivity index (χ0v) is 14.2. The highest BCUT2D eigenvalue weighted by Gasteiger charge is 2.17. The molecule has 0 aliphatic heterocycles. The highest BCUT2D eigenvalue weighted by Crippen LogP contribution is 2.27. The molecule has 0 atom stereocenters. The van der Waals surface area contributed by atoms with E-state index in [1.54, 1.807) is 12.0 Å². The number of methoxy groups -OCH3 is 1. The molecule has 24 heavy (non-hydrogen) atoms. The molecule has 3 aromatic rings. The van der Waals surface area contributed by atoms with Gasteiger partial charge in [-0.15, -0.1) is 0 Å². The summed E-state index contributed by atoms with van der Waals surface area (Å²) in [6.45, 7) is 2.62. The molecule has 0 aromatic heterocycles. The molecular weight excluding hydrogens is 298 g/mol. The van der Waals surface area contributed by atoms with E-state index in [4.69, 9.17) is 4.74 Å². The first-order valence-corrected chi connectivity index (χ1v) is 7.96. The summed E-state index contributed by atoms with van der Waals surface area (Å²) < 4.78 is 5.44. The zero-order chi connectivity index (χ0) is 17.1. The highest BCUT2D eigenvalue weighted by molar-refractivity contribution is 6.01. The molecule has 0 saturated heterocycles. The average Bonchev–Trinajstić information content (AvgIpc) is 2.61. The summed E-state index contributed by atoms with van der Waals surface area (Å²) in [6.07, 6.45) is 0. The first-order chi connectivity index (χ1) is 11.6. The number of benzene rings is 3. The van der Waals surface area contributed by atoms with E-state index >= 15 is 0 Å². The molecule has 122 valence electrons. The van der Waals surface area contributed by atoms with Gasteiger partial charge >= 0.3 is 0 Å². The maximum atomic E-state index is 12.9. The minimum absolute atomic E-state index is 0.0434. The predicted molar refractivity (Wildman–Crippen MR) is 97.5 cm³/mol. The van der Waals surface area contributed by atoms with Gasteiger partial charge in [0.25, 0.3) is 5.91 Å². The Morgan fingerprint density at radius 3 is 2.25 bits per heavy atom. The third-order valence-corrected chi connectivity index (χ3v) is 4.19. The van der Waals surface area contributed by atoms with Crippen LogP contribution in [0.5, 0.6) is 5.75 Å². The Labute approximate surface area is 142 Å². The minimum atomic E-state index is -0.0434. The van der Waals surface area contributed by atoms with Crippen molar-refractivity contribution in [3.8, 4) is 5.75 Å². The molecule has 1 amide bonds. The number of ether oxygens (including phenoxy) is 1. The van der Waals surface area contributed by atoms with E-state index in [2.05, 4.69) is 31.2 Å². The topological polar surface area (TPSA) is 29.5 Å². The van der Waals surface area contributed by atoms with E-state index < -0.39 is 0 Å². The second kappa shape index (κ2) is 6.75. The van der Waals surface area contributed by atoms with Gasteiger partial charge in [-0.1, -0.05) is 54.1 Å². The van der Waals surface area contributed by atoms with Crippen LogP contribution in [-0.4, -0.2) is 25.0 Å². The van der Waals surface area contributed by atoms with Gasteiger partial charge in [-0.05, 0) is 35.4 Å². The Morgan fingerprint density at radius 2 is 1.62 bits per heavy atom. The van der Waals surface area contributed by atoms with Gasteiger partial charge in [-0.3, -0.25) is 4.79 Å². The summed E-state index contributed by atoms with van der Waals surface area (Å²) in [5.74, 6) is 0.563. The quantitative estimate of drug-likeness (QED) is 0.712. The number of hydrogen-bond donors (Lipinski definition) is 0. The fraction of sp³-hybridized carbons (Fsp3) is 0.190. The Hall–Kier alpha value is -2.81. The summed E-state index contributed by atoms with van der Waals surface area (Å²) in [7, 11) is 3.41. The van der Waals surface area contributed by atoms with Crippen molar-refractivity contribution in [2.75, 3.05) is 14.2 Å². The molecule has 0 aliphatic rings. The number of rotatable bonds is 4. The number of nitrogens with zero attached hydrogens (tertiary/aromatic N) is 1. The summed E-state index contributed by atoms with van der Waals surface area (Å²) >= 11 is 0. The maximum Gasteiger partial charge on any atom is 0.257 e. The van der Waals surface area contributed by atoms with Gasteiger partial charge in [0.1, 0.15) is 5.75 Å². The van der Waals surface area contributed by atoms with E-state index in [1.807, 2.05) is 43.4 Å². The maximum absolute atomic E-state index is 12.9. The predicted octanol–water partition coefficient (Wildman–Crippen LogP) is 4.43. The lowest BCUT2D eigenvalue weighted by Gasteiger charge is -2.19. The molecule has 3 rings (SSSR count). The molecule has 0 aliphatic carbocycles. The summed E-state index contributed by atoms with van der Waals surface area (Å²) in [6, 6.07) is 20.0. The number of amides is 1. The fourth-order valence-corrected chi connectivity index (χ4v) is 2.80. The molecule has 3 nitrogen and oxygen atoms in total. The lowest BCUT2D eigenvalue weighted by atomic mass is 10.0. The van der Waals surface area contributed by atoms with E-state index in [0.29, 0.717) is 17.9 Å². The molecule has 0 N–H and O–H groups in total. The van der Waals surface area contributed by atoms with Gasteiger partial charge in [-0.25, -0.2) is 0 Å². The Morgan fingerprint density at radius 1 is 1.00 bits per heavy atom. The summed E-state index contributed by atoms with van der Waals surface area (Å²) in [4.78, 5) is 14.6. The molecule has 0 spiro atoms. The monoisotopic (exact) mass is 319 g/mol. The highest BCUT2D eigenvalue weighted by atomic mass is 16.5.